The molecule has 3 aromatic heterocycles. The molecule has 0 saturated heterocycles. The molecule has 3 rings (SSSR count). The lowest BCUT2D eigenvalue weighted by atomic mass is 10.1. The predicted molar refractivity (Wildman–Crippen MR) is 91.3 cm³/mol. The Morgan fingerprint density at radius 1 is 1.30 bits per heavy atom. The van der Waals surface area contributed by atoms with Crippen molar-refractivity contribution < 1.29 is 4.79 Å². The van der Waals surface area contributed by atoms with Crippen LogP contribution < -0.4 is 5.32 Å². The Morgan fingerprint density at radius 3 is 2.91 bits per heavy atom. The molecule has 1 atom stereocenters. The number of H-pyrrole nitrogens is 1. The molecule has 3 heterocycles. The average molecular weight is 326 g/mol. The standard InChI is InChI=1S/C17H18N4OS/c1-2-6-13(16-8-5-10-23-16)19-17(22)15-11-14(20-21-15)12-7-3-4-9-18-12/h3-5,7-11,13H,2,6H2,1H3,(H,19,22)(H,20,21)/t13-/m0/s1. The zero-order chi connectivity index (χ0) is 16.1. The molecule has 3 aromatic rings. The van der Waals surface area contributed by atoms with Gasteiger partial charge in [-0.05, 0) is 36.1 Å². The normalized spacial score (nSPS) is 12.0. The van der Waals surface area contributed by atoms with E-state index in [1.165, 1.54) is 4.88 Å². The second kappa shape index (κ2) is 7.19. The smallest absolute Gasteiger partial charge is 0.269 e. The Kier molecular flexibility index (Phi) is 4.83. The lowest BCUT2D eigenvalue weighted by Crippen LogP contribution is -2.28. The summed E-state index contributed by atoms with van der Waals surface area (Å²) in [7, 11) is 0. The lowest BCUT2D eigenvalue weighted by Gasteiger charge is -2.15. The topological polar surface area (TPSA) is 70.7 Å². The van der Waals surface area contributed by atoms with E-state index in [0.29, 0.717) is 11.4 Å². The van der Waals surface area contributed by atoms with Crippen molar-refractivity contribution in [3.05, 3.63) is 58.5 Å². The molecule has 0 aliphatic rings. The number of carbonyl (C=O) groups excluding carboxylic acids is 1. The van der Waals surface area contributed by atoms with Crippen LogP contribution in [0.2, 0.25) is 0 Å². The number of aromatic amines is 1. The maximum Gasteiger partial charge on any atom is 0.269 e. The van der Waals surface area contributed by atoms with Crippen LogP contribution in [0.15, 0.2) is 48.0 Å². The van der Waals surface area contributed by atoms with E-state index >= 15 is 0 Å². The first-order valence-electron chi connectivity index (χ1n) is 7.59. The van der Waals surface area contributed by atoms with Crippen LogP contribution in [0.3, 0.4) is 0 Å². The van der Waals surface area contributed by atoms with E-state index in [4.69, 9.17) is 0 Å². The zero-order valence-corrected chi connectivity index (χ0v) is 13.6. The van der Waals surface area contributed by atoms with Gasteiger partial charge < -0.3 is 5.32 Å². The summed E-state index contributed by atoms with van der Waals surface area (Å²) in [5.41, 5.74) is 1.85. The molecule has 0 saturated carbocycles. The van der Waals surface area contributed by atoms with Crippen molar-refractivity contribution in [3.63, 3.8) is 0 Å². The molecule has 5 nitrogen and oxygen atoms in total. The minimum absolute atomic E-state index is 0.0362. The average Bonchev–Trinajstić information content (AvgIpc) is 3.27. The van der Waals surface area contributed by atoms with E-state index < -0.39 is 0 Å². The van der Waals surface area contributed by atoms with Gasteiger partial charge in [-0.3, -0.25) is 14.9 Å². The highest BCUT2D eigenvalue weighted by Crippen LogP contribution is 2.24. The van der Waals surface area contributed by atoms with Gasteiger partial charge in [-0.25, -0.2) is 0 Å². The number of rotatable bonds is 6. The fraction of sp³-hybridized carbons (Fsp3) is 0.235. The lowest BCUT2D eigenvalue weighted by molar-refractivity contribution is 0.0930. The van der Waals surface area contributed by atoms with Gasteiger partial charge in [-0.2, -0.15) is 5.10 Å². The highest BCUT2D eigenvalue weighted by molar-refractivity contribution is 7.10. The first-order chi connectivity index (χ1) is 11.3. The third-order valence-corrected chi connectivity index (χ3v) is 4.51. The van der Waals surface area contributed by atoms with Gasteiger partial charge in [0.05, 0.1) is 11.7 Å². The van der Waals surface area contributed by atoms with E-state index in [1.807, 2.05) is 29.6 Å². The molecule has 0 aliphatic heterocycles. The molecule has 0 aromatic carbocycles. The first kappa shape index (κ1) is 15.4. The van der Waals surface area contributed by atoms with Crippen LogP contribution in [0, 0.1) is 0 Å². The molecule has 0 unspecified atom stereocenters. The minimum atomic E-state index is -0.147. The van der Waals surface area contributed by atoms with Gasteiger partial charge in [0, 0.05) is 11.1 Å². The molecule has 1 amide bonds. The summed E-state index contributed by atoms with van der Waals surface area (Å²) < 4.78 is 0. The third-order valence-electron chi connectivity index (χ3n) is 3.52. The first-order valence-corrected chi connectivity index (χ1v) is 8.47. The van der Waals surface area contributed by atoms with Crippen molar-refractivity contribution in [2.45, 2.75) is 25.8 Å². The van der Waals surface area contributed by atoms with E-state index in [9.17, 15) is 4.79 Å². The van der Waals surface area contributed by atoms with Gasteiger partial charge in [-0.15, -0.1) is 11.3 Å². The fourth-order valence-corrected chi connectivity index (χ4v) is 3.20. The highest BCUT2D eigenvalue weighted by Gasteiger charge is 2.18. The third kappa shape index (κ3) is 3.65. The summed E-state index contributed by atoms with van der Waals surface area (Å²) in [5.74, 6) is -0.147. The maximum atomic E-state index is 12.5. The van der Waals surface area contributed by atoms with E-state index in [2.05, 4.69) is 33.5 Å². The van der Waals surface area contributed by atoms with Crippen LogP contribution in [-0.2, 0) is 0 Å². The van der Waals surface area contributed by atoms with E-state index in [0.717, 1.165) is 18.5 Å². The van der Waals surface area contributed by atoms with Crippen LogP contribution in [0.4, 0.5) is 0 Å². The van der Waals surface area contributed by atoms with Crippen LogP contribution >= 0.6 is 11.3 Å². The fourth-order valence-electron chi connectivity index (χ4n) is 2.38. The monoisotopic (exact) mass is 326 g/mol. The van der Waals surface area contributed by atoms with Gasteiger partial charge >= 0.3 is 0 Å². The maximum absolute atomic E-state index is 12.5. The molecule has 2 N–H and O–H groups in total. The van der Waals surface area contributed by atoms with Crippen molar-refractivity contribution in [3.8, 4) is 11.4 Å². The minimum Gasteiger partial charge on any atom is -0.343 e. The number of carbonyl (C=O) groups is 1. The molecule has 0 radical (unpaired) electrons. The summed E-state index contributed by atoms with van der Waals surface area (Å²) in [4.78, 5) is 17.9. The van der Waals surface area contributed by atoms with Crippen molar-refractivity contribution in [2.75, 3.05) is 0 Å². The van der Waals surface area contributed by atoms with Crippen LogP contribution in [-0.4, -0.2) is 21.1 Å². The summed E-state index contributed by atoms with van der Waals surface area (Å²) >= 11 is 1.66. The summed E-state index contributed by atoms with van der Waals surface area (Å²) in [5, 5.41) is 12.1. The predicted octanol–water partition coefficient (Wildman–Crippen LogP) is 3.80. The molecule has 0 spiro atoms. The van der Waals surface area contributed by atoms with Crippen LogP contribution in [0.5, 0.6) is 0 Å². The number of pyridine rings is 1. The molecular formula is C17H18N4OS. The molecule has 118 valence electrons. The Labute approximate surface area is 138 Å². The van der Waals surface area contributed by atoms with E-state index in [1.54, 1.807) is 23.6 Å². The molecular weight excluding hydrogens is 308 g/mol. The molecule has 0 fully saturated rings. The van der Waals surface area contributed by atoms with Crippen molar-refractivity contribution in [1.29, 1.82) is 0 Å². The number of amides is 1. The number of aromatic nitrogens is 3. The number of thiophene rings is 1. The second-order valence-corrected chi connectivity index (χ2v) is 6.19. The van der Waals surface area contributed by atoms with Crippen LogP contribution in [0.25, 0.3) is 11.4 Å². The zero-order valence-electron chi connectivity index (χ0n) is 12.8. The summed E-state index contributed by atoms with van der Waals surface area (Å²) in [6.45, 7) is 2.11. The van der Waals surface area contributed by atoms with Gasteiger partial charge in [0.15, 0.2) is 0 Å². The van der Waals surface area contributed by atoms with Gasteiger partial charge in [0.2, 0.25) is 0 Å². The number of nitrogens with zero attached hydrogens (tertiary/aromatic N) is 2. The van der Waals surface area contributed by atoms with E-state index in [-0.39, 0.29) is 11.9 Å². The van der Waals surface area contributed by atoms with Gasteiger partial charge in [-0.1, -0.05) is 25.5 Å². The summed E-state index contributed by atoms with van der Waals surface area (Å²) in [6.07, 6.45) is 3.62. The number of hydrogen-bond acceptors (Lipinski definition) is 4. The quantitative estimate of drug-likeness (QED) is 0.723. The highest BCUT2D eigenvalue weighted by atomic mass is 32.1. The summed E-state index contributed by atoms with van der Waals surface area (Å²) in [6, 6.07) is 11.4. The van der Waals surface area contributed by atoms with Crippen LogP contribution in [0.1, 0.15) is 41.2 Å². The van der Waals surface area contributed by atoms with Gasteiger partial charge in [0.1, 0.15) is 11.4 Å². The van der Waals surface area contributed by atoms with Crippen molar-refractivity contribution in [1.82, 2.24) is 20.5 Å². The Balaban J connectivity index is 1.74. The largest absolute Gasteiger partial charge is 0.343 e. The second-order valence-electron chi connectivity index (χ2n) is 5.21. The molecule has 23 heavy (non-hydrogen) atoms. The van der Waals surface area contributed by atoms with Crippen molar-refractivity contribution >= 4 is 17.2 Å². The Morgan fingerprint density at radius 2 is 2.22 bits per heavy atom. The SMILES string of the molecule is CCC[C@H](NC(=O)c1cc(-c2ccccn2)n[nH]1)c1cccs1. The Bertz CT molecular complexity index is 752. The Hall–Kier alpha value is -2.47. The van der Waals surface area contributed by atoms with Crippen molar-refractivity contribution in [2.24, 2.45) is 0 Å². The number of hydrogen-bond donors (Lipinski definition) is 2. The molecule has 0 bridgehead atoms. The molecule has 0 aliphatic carbocycles. The number of nitrogens with one attached hydrogen (secondary N) is 2. The molecule has 6 heteroatoms. The van der Waals surface area contributed by atoms with Gasteiger partial charge in [0.25, 0.3) is 5.91 Å².